The number of hydrogen-bond acceptors (Lipinski definition) is 3. The third-order valence-electron chi connectivity index (χ3n) is 3.21. The zero-order chi connectivity index (χ0) is 10.3. The Labute approximate surface area is 85.8 Å². The molecule has 3 nitrogen and oxygen atoms in total. The van der Waals surface area contributed by atoms with E-state index in [0.29, 0.717) is 6.61 Å². The van der Waals surface area contributed by atoms with E-state index in [-0.39, 0.29) is 18.0 Å². The molecule has 2 bridgehead atoms. The highest BCUT2D eigenvalue weighted by Crippen LogP contribution is 2.51. The highest BCUT2D eigenvalue weighted by atomic mass is 16.6. The second-order valence-electron chi connectivity index (χ2n) is 4.10. The highest BCUT2D eigenvalue weighted by molar-refractivity contribution is 6.11. The Hall–Kier alpha value is -0.315. The van der Waals surface area contributed by atoms with Gasteiger partial charge in [0.1, 0.15) is 13.4 Å². The quantitative estimate of drug-likeness (QED) is 0.483. The average molecular weight is 194 g/mol. The third-order valence-corrected chi connectivity index (χ3v) is 3.21. The van der Waals surface area contributed by atoms with E-state index < -0.39 is 5.60 Å². The zero-order valence-electron chi connectivity index (χ0n) is 8.66. The predicted molar refractivity (Wildman–Crippen MR) is 53.3 cm³/mol. The van der Waals surface area contributed by atoms with Crippen molar-refractivity contribution in [2.24, 2.45) is 5.92 Å². The van der Waals surface area contributed by atoms with E-state index in [1.54, 1.807) is 14.2 Å². The van der Waals surface area contributed by atoms with Crippen LogP contribution >= 0.6 is 0 Å². The molecule has 0 spiro atoms. The van der Waals surface area contributed by atoms with E-state index in [1.807, 2.05) is 0 Å². The van der Waals surface area contributed by atoms with Crippen LogP contribution in [0, 0.1) is 5.92 Å². The van der Waals surface area contributed by atoms with Crippen molar-refractivity contribution in [1.29, 1.82) is 0 Å². The molecule has 2 aliphatic rings. The fourth-order valence-corrected chi connectivity index (χ4v) is 2.77. The standard InChI is InChI=1S/C10H15BO3/c1-6-4-10(5-12-2)8(13-3)7(6)9(11)14-10/h7-9H,1,4-5H2,2-3H3/t7?,8?,9-,10+/m1/s1. The second-order valence-corrected chi connectivity index (χ2v) is 4.10. The maximum absolute atomic E-state index is 5.87. The smallest absolute Gasteiger partial charge is 0.121 e. The molecule has 2 rings (SSSR count). The molecule has 4 heteroatoms. The monoisotopic (exact) mass is 194 g/mol. The molecule has 76 valence electrons. The van der Waals surface area contributed by atoms with Gasteiger partial charge >= 0.3 is 0 Å². The minimum absolute atomic E-state index is 0.00931. The van der Waals surface area contributed by atoms with Gasteiger partial charge in [0.2, 0.25) is 0 Å². The van der Waals surface area contributed by atoms with Crippen molar-refractivity contribution in [3.05, 3.63) is 12.2 Å². The van der Waals surface area contributed by atoms with Crippen molar-refractivity contribution in [2.45, 2.75) is 24.1 Å². The third kappa shape index (κ3) is 1.18. The van der Waals surface area contributed by atoms with Gasteiger partial charge in [-0.25, -0.2) is 0 Å². The Morgan fingerprint density at radius 3 is 2.86 bits per heavy atom. The van der Waals surface area contributed by atoms with Crippen molar-refractivity contribution in [1.82, 2.24) is 0 Å². The van der Waals surface area contributed by atoms with E-state index in [0.717, 1.165) is 12.0 Å². The zero-order valence-corrected chi connectivity index (χ0v) is 8.66. The molecule has 4 atom stereocenters. The van der Waals surface area contributed by atoms with E-state index >= 15 is 0 Å². The summed E-state index contributed by atoms with van der Waals surface area (Å²) in [6.45, 7) is 4.53. The summed E-state index contributed by atoms with van der Waals surface area (Å²) in [5, 5.41) is 0. The van der Waals surface area contributed by atoms with E-state index in [2.05, 4.69) is 6.58 Å². The minimum Gasteiger partial charge on any atom is -0.382 e. The molecule has 0 aromatic heterocycles. The topological polar surface area (TPSA) is 27.7 Å². The van der Waals surface area contributed by atoms with Crippen LogP contribution < -0.4 is 0 Å². The highest BCUT2D eigenvalue weighted by Gasteiger charge is 2.60. The van der Waals surface area contributed by atoms with Crippen molar-refractivity contribution in [3.63, 3.8) is 0 Å². The summed E-state index contributed by atoms with van der Waals surface area (Å²) in [5.41, 5.74) is 0.720. The molecule has 0 aromatic rings. The lowest BCUT2D eigenvalue weighted by Crippen LogP contribution is -2.42. The van der Waals surface area contributed by atoms with Crippen molar-refractivity contribution < 1.29 is 14.2 Å². The molecule has 2 fully saturated rings. The Balaban J connectivity index is 2.27. The molecule has 14 heavy (non-hydrogen) atoms. The summed E-state index contributed by atoms with van der Waals surface area (Å²) >= 11 is 0. The average Bonchev–Trinajstić information content (AvgIpc) is 2.51. The number of ether oxygens (including phenoxy) is 3. The molecule has 1 saturated heterocycles. The summed E-state index contributed by atoms with van der Waals surface area (Å²) in [7, 11) is 9.21. The van der Waals surface area contributed by atoms with Gasteiger partial charge in [-0.05, 0) is 0 Å². The molecule has 1 aliphatic carbocycles. The lowest BCUT2D eigenvalue weighted by Gasteiger charge is -2.31. The second kappa shape index (κ2) is 3.37. The predicted octanol–water partition coefficient (Wildman–Crippen LogP) is 0.487. The van der Waals surface area contributed by atoms with Crippen LogP contribution in [0.5, 0.6) is 0 Å². The SMILES string of the molecule is [B][C@@H]1O[C@]2(COC)CC(=C)C1C2OC. The molecule has 0 amide bonds. The van der Waals surface area contributed by atoms with Crippen molar-refractivity contribution in [3.8, 4) is 0 Å². The summed E-state index contributed by atoms with van der Waals surface area (Å²) in [6, 6.07) is -0.295. The molecule has 0 N–H and O–H groups in total. The summed E-state index contributed by atoms with van der Waals surface area (Å²) in [4.78, 5) is 0. The first kappa shape index (κ1) is 10.2. The van der Waals surface area contributed by atoms with Gasteiger partial charge < -0.3 is 14.2 Å². The molecule has 0 aromatic carbocycles. The summed E-state index contributed by atoms with van der Waals surface area (Å²) in [5.74, 6) is 0.121. The molecular weight excluding hydrogens is 179 g/mol. The number of methoxy groups -OCH3 is 2. The van der Waals surface area contributed by atoms with Gasteiger partial charge in [-0.2, -0.15) is 0 Å². The fourth-order valence-electron chi connectivity index (χ4n) is 2.77. The molecule has 1 heterocycles. The van der Waals surface area contributed by atoms with Crippen LogP contribution in [-0.2, 0) is 14.2 Å². The Kier molecular flexibility index (Phi) is 2.45. The lowest BCUT2D eigenvalue weighted by atomic mass is 9.83. The van der Waals surface area contributed by atoms with Crippen LogP contribution in [0.4, 0.5) is 0 Å². The first-order valence-corrected chi connectivity index (χ1v) is 4.77. The molecule has 2 unspecified atom stereocenters. The number of fused-ring (bicyclic) bond motifs is 2. The van der Waals surface area contributed by atoms with E-state index in [4.69, 9.17) is 22.1 Å². The molecule has 2 radical (unpaired) electrons. The Morgan fingerprint density at radius 2 is 2.36 bits per heavy atom. The van der Waals surface area contributed by atoms with Gasteiger partial charge in [-0.1, -0.05) is 12.2 Å². The summed E-state index contributed by atoms with van der Waals surface area (Å²) < 4.78 is 16.4. The van der Waals surface area contributed by atoms with Crippen LogP contribution in [0.15, 0.2) is 12.2 Å². The van der Waals surface area contributed by atoms with Crippen molar-refractivity contribution >= 4 is 7.85 Å². The first-order chi connectivity index (χ1) is 6.64. The van der Waals surface area contributed by atoms with E-state index in [1.165, 1.54) is 0 Å². The summed E-state index contributed by atoms with van der Waals surface area (Å²) in [6.07, 6.45) is 0.780. The van der Waals surface area contributed by atoms with Crippen LogP contribution in [0.2, 0.25) is 0 Å². The van der Waals surface area contributed by atoms with E-state index in [9.17, 15) is 0 Å². The van der Waals surface area contributed by atoms with Crippen LogP contribution in [0.3, 0.4) is 0 Å². The minimum atomic E-state index is -0.398. The molecular formula is C10H15BO3. The van der Waals surface area contributed by atoms with Gasteiger partial charge in [-0.15, -0.1) is 0 Å². The first-order valence-electron chi connectivity index (χ1n) is 4.77. The Morgan fingerprint density at radius 1 is 1.64 bits per heavy atom. The lowest BCUT2D eigenvalue weighted by molar-refractivity contribution is -0.110. The molecule has 1 aliphatic heterocycles. The van der Waals surface area contributed by atoms with Gasteiger partial charge in [0.25, 0.3) is 0 Å². The fraction of sp³-hybridized carbons (Fsp3) is 0.800. The number of hydrogen-bond donors (Lipinski definition) is 0. The maximum Gasteiger partial charge on any atom is 0.121 e. The van der Waals surface area contributed by atoms with Crippen LogP contribution in [0.1, 0.15) is 6.42 Å². The normalized spacial score (nSPS) is 46.1. The Bertz CT molecular complexity index is 256. The molecule has 1 saturated carbocycles. The maximum atomic E-state index is 5.87. The van der Waals surface area contributed by atoms with Gasteiger partial charge in [0.15, 0.2) is 0 Å². The van der Waals surface area contributed by atoms with Crippen LogP contribution in [0.25, 0.3) is 0 Å². The largest absolute Gasteiger partial charge is 0.382 e. The van der Waals surface area contributed by atoms with Gasteiger partial charge in [-0.3, -0.25) is 0 Å². The van der Waals surface area contributed by atoms with Crippen molar-refractivity contribution in [2.75, 3.05) is 20.8 Å². The van der Waals surface area contributed by atoms with Gasteiger partial charge in [0.05, 0.1) is 12.7 Å². The van der Waals surface area contributed by atoms with Gasteiger partial charge in [0, 0.05) is 32.6 Å². The number of rotatable bonds is 3. The van der Waals surface area contributed by atoms with Crippen LogP contribution in [-0.4, -0.2) is 46.4 Å².